The molecule has 0 heterocycles. The molecule has 0 aliphatic heterocycles. The molecule has 3 nitrogen and oxygen atoms in total. The molecule has 3 N–H and O–H groups in total. The Labute approximate surface area is 119 Å². The molecule has 0 spiro atoms. The summed E-state index contributed by atoms with van der Waals surface area (Å²) in [4.78, 5) is 11.9. The smallest absolute Gasteiger partial charge is 0.255 e. The lowest BCUT2D eigenvalue weighted by Crippen LogP contribution is -2.13. The van der Waals surface area contributed by atoms with E-state index in [0.717, 1.165) is 6.07 Å². The van der Waals surface area contributed by atoms with Crippen LogP contribution in [0.2, 0.25) is 10.0 Å². The van der Waals surface area contributed by atoms with Crippen molar-refractivity contribution < 1.29 is 9.18 Å². The van der Waals surface area contributed by atoms with Gasteiger partial charge in [-0.25, -0.2) is 4.39 Å². The lowest BCUT2D eigenvalue weighted by molar-refractivity contribution is 0.102. The Morgan fingerprint density at radius 1 is 1.16 bits per heavy atom. The maximum absolute atomic E-state index is 13.0. The minimum absolute atomic E-state index is 0.114. The van der Waals surface area contributed by atoms with Crippen LogP contribution in [0.4, 0.5) is 15.8 Å². The summed E-state index contributed by atoms with van der Waals surface area (Å²) in [6.45, 7) is 0. The lowest BCUT2D eigenvalue weighted by Gasteiger charge is -2.08. The number of benzene rings is 2. The molecule has 0 aliphatic rings. The van der Waals surface area contributed by atoms with Gasteiger partial charge in [0.1, 0.15) is 5.82 Å². The molecule has 0 radical (unpaired) electrons. The van der Waals surface area contributed by atoms with Crippen LogP contribution in [0.1, 0.15) is 10.4 Å². The second-order valence-electron chi connectivity index (χ2n) is 3.81. The maximum Gasteiger partial charge on any atom is 0.255 e. The fourth-order valence-electron chi connectivity index (χ4n) is 1.48. The second-order valence-corrected chi connectivity index (χ2v) is 4.66. The van der Waals surface area contributed by atoms with Gasteiger partial charge >= 0.3 is 0 Å². The molecule has 0 aromatic heterocycles. The topological polar surface area (TPSA) is 55.1 Å². The van der Waals surface area contributed by atoms with Gasteiger partial charge in [0.2, 0.25) is 0 Å². The van der Waals surface area contributed by atoms with E-state index in [2.05, 4.69) is 5.32 Å². The van der Waals surface area contributed by atoms with Crippen LogP contribution >= 0.6 is 23.2 Å². The molecule has 0 saturated carbocycles. The average molecular weight is 299 g/mol. The SMILES string of the molecule is Nc1cc(Cl)ccc1NC(=O)c1ccc(F)c(Cl)c1. The van der Waals surface area contributed by atoms with E-state index in [1.54, 1.807) is 12.1 Å². The molecule has 2 aromatic rings. The van der Waals surface area contributed by atoms with Gasteiger partial charge in [0.15, 0.2) is 0 Å². The zero-order valence-electron chi connectivity index (χ0n) is 9.58. The van der Waals surface area contributed by atoms with Crippen molar-refractivity contribution in [3.63, 3.8) is 0 Å². The first-order valence-electron chi connectivity index (χ1n) is 5.29. The average Bonchev–Trinajstić information content (AvgIpc) is 2.36. The van der Waals surface area contributed by atoms with Crippen molar-refractivity contribution >= 4 is 40.5 Å². The second kappa shape index (κ2) is 5.47. The van der Waals surface area contributed by atoms with Crippen LogP contribution in [0.5, 0.6) is 0 Å². The summed E-state index contributed by atoms with van der Waals surface area (Å²) in [7, 11) is 0. The van der Waals surface area contributed by atoms with Crippen LogP contribution in [0.3, 0.4) is 0 Å². The van der Waals surface area contributed by atoms with Gasteiger partial charge in [0.05, 0.1) is 16.4 Å². The minimum atomic E-state index is -0.579. The summed E-state index contributed by atoms with van der Waals surface area (Å²) < 4.78 is 13.0. The minimum Gasteiger partial charge on any atom is -0.397 e. The number of hydrogen-bond donors (Lipinski definition) is 2. The third-order valence-electron chi connectivity index (χ3n) is 2.44. The molecule has 0 unspecified atom stereocenters. The molecule has 98 valence electrons. The van der Waals surface area contributed by atoms with Crippen LogP contribution in [0.25, 0.3) is 0 Å². The molecular formula is C13H9Cl2FN2O. The van der Waals surface area contributed by atoms with E-state index in [1.807, 2.05) is 0 Å². The van der Waals surface area contributed by atoms with Gasteiger partial charge in [0, 0.05) is 10.6 Å². The standard InChI is InChI=1S/C13H9Cl2FN2O/c14-8-2-4-12(11(17)6-8)18-13(19)7-1-3-10(16)9(15)5-7/h1-6H,17H2,(H,18,19). The number of amides is 1. The Bertz CT molecular complexity index is 647. The summed E-state index contributed by atoms with van der Waals surface area (Å²) in [5, 5.41) is 2.96. The third-order valence-corrected chi connectivity index (χ3v) is 2.97. The molecule has 6 heteroatoms. The van der Waals surface area contributed by atoms with Gasteiger partial charge in [-0.15, -0.1) is 0 Å². The Morgan fingerprint density at radius 3 is 2.53 bits per heavy atom. The normalized spacial score (nSPS) is 10.3. The zero-order chi connectivity index (χ0) is 14.0. The number of nitrogens with one attached hydrogen (secondary N) is 1. The molecule has 2 rings (SSSR count). The number of halogens is 3. The molecule has 0 fully saturated rings. The molecule has 0 bridgehead atoms. The van der Waals surface area contributed by atoms with E-state index in [-0.39, 0.29) is 10.6 Å². The number of carbonyl (C=O) groups excluding carboxylic acids is 1. The fraction of sp³-hybridized carbons (Fsp3) is 0. The number of nitrogen functional groups attached to an aromatic ring is 1. The summed E-state index contributed by atoms with van der Waals surface area (Å²) >= 11 is 11.4. The van der Waals surface area contributed by atoms with Crippen molar-refractivity contribution in [2.24, 2.45) is 0 Å². The Balaban J connectivity index is 2.23. The number of carbonyl (C=O) groups is 1. The van der Waals surface area contributed by atoms with Gasteiger partial charge in [-0.05, 0) is 36.4 Å². The Kier molecular flexibility index (Phi) is 3.93. The first kappa shape index (κ1) is 13.6. The monoisotopic (exact) mass is 298 g/mol. The van der Waals surface area contributed by atoms with E-state index >= 15 is 0 Å². The number of rotatable bonds is 2. The predicted molar refractivity (Wildman–Crippen MR) is 75.2 cm³/mol. The molecule has 0 aliphatic carbocycles. The summed E-state index contributed by atoms with van der Waals surface area (Å²) in [5.41, 5.74) is 6.72. The van der Waals surface area contributed by atoms with Crippen molar-refractivity contribution in [1.29, 1.82) is 0 Å². The number of nitrogens with two attached hydrogens (primary N) is 1. The van der Waals surface area contributed by atoms with Crippen molar-refractivity contribution in [2.75, 3.05) is 11.1 Å². The van der Waals surface area contributed by atoms with Gasteiger partial charge in [-0.3, -0.25) is 4.79 Å². The highest BCUT2D eigenvalue weighted by atomic mass is 35.5. The Morgan fingerprint density at radius 2 is 1.89 bits per heavy atom. The van der Waals surface area contributed by atoms with Crippen molar-refractivity contribution in [1.82, 2.24) is 0 Å². The van der Waals surface area contributed by atoms with Crippen LogP contribution in [0, 0.1) is 5.82 Å². The van der Waals surface area contributed by atoms with E-state index in [4.69, 9.17) is 28.9 Å². The number of hydrogen-bond acceptors (Lipinski definition) is 2. The Hall–Kier alpha value is -1.78. The van der Waals surface area contributed by atoms with Gasteiger partial charge < -0.3 is 11.1 Å². The first-order valence-corrected chi connectivity index (χ1v) is 6.04. The zero-order valence-corrected chi connectivity index (χ0v) is 11.1. The molecule has 19 heavy (non-hydrogen) atoms. The summed E-state index contributed by atoms with van der Waals surface area (Å²) in [6, 6.07) is 8.42. The highest BCUT2D eigenvalue weighted by molar-refractivity contribution is 6.31. The largest absolute Gasteiger partial charge is 0.397 e. The molecule has 0 atom stereocenters. The highest BCUT2D eigenvalue weighted by Gasteiger charge is 2.10. The molecular weight excluding hydrogens is 290 g/mol. The quantitative estimate of drug-likeness (QED) is 0.824. The molecule has 0 saturated heterocycles. The maximum atomic E-state index is 13.0. The summed E-state index contributed by atoms with van der Waals surface area (Å²) in [5.74, 6) is -1.01. The van der Waals surface area contributed by atoms with E-state index in [1.165, 1.54) is 18.2 Å². The third kappa shape index (κ3) is 3.16. The van der Waals surface area contributed by atoms with Crippen LogP contribution in [-0.4, -0.2) is 5.91 Å². The fourth-order valence-corrected chi connectivity index (χ4v) is 1.84. The van der Waals surface area contributed by atoms with Crippen LogP contribution in [-0.2, 0) is 0 Å². The van der Waals surface area contributed by atoms with Crippen LogP contribution in [0.15, 0.2) is 36.4 Å². The van der Waals surface area contributed by atoms with Gasteiger partial charge in [-0.2, -0.15) is 0 Å². The van der Waals surface area contributed by atoms with Crippen molar-refractivity contribution in [2.45, 2.75) is 0 Å². The van der Waals surface area contributed by atoms with E-state index in [9.17, 15) is 9.18 Å². The van der Waals surface area contributed by atoms with E-state index < -0.39 is 11.7 Å². The first-order chi connectivity index (χ1) is 8.97. The predicted octanol–water partition coefficient (Wildman–Crippen LogP) is 3.97. The lowest BCUT2D eigenvalue weighted by atomic mass is 10.2. The van der Waals surface area contributed by atoms with Gasteiger partial charge in [-0.1, -0.05) is 23.2 Å². The van der Waals surface area contributed by atoms with E-state index in [0.29, 0.717) is 16.4 Å². The molecule has 1 amide bonds. The summed E-state index contributed by atoms with van der Waals surface area (Å²) in [6.07, 6.45) is 0. The molecule has 2 aromatic carbocycles. The van der Waals surface area contributed by atoms with Gasteiger partial charge in [0.25, 0.3) is 5.91 Å². The number of anilines is 2. The van der Waals surface area contributed by atoms with Crippen molar-refractivity contribution in [3.05, 3.63) is 57.8 Å². The van der Waals surface area contributed by atoms with Crippen molar-refractivity contribution in [3.8, 4) is 0 Å². The van der Waals surface area contributed by atoms with Crippen LogP contribution < -0.4 is 11.1 Å². The highest BCUT2D eigenvalue weighted by Crippen LogP contribution is 2.24.